The van der Waals surface area contributed by atoms with E-state index in [-0.39, 0.29) is 11.8 Å². The topological polar surface area (TPSA) is 76.9 Å². The third-order valence-corrected chi connectivity index (χ3v) is 5.14. The minimum absolute atomic E-state index is 0.101. The van der Waals surface area contributed by atoms with Crippen LogP contribution < -0.4 is 5.32 Å². The molecule has 19 heavy (non-hydrogen) atoms. The number of fused-ring (bicyclic) bond motifs is 1. The van der Waals surface area contributed by atoms with Crippen LogP contribution in [-0.2, 0) is 23.4 Å². The van der Waals surface area contributed by atoms with Gasteiger partial charge in [-0.05, 0) is 11.6 Å². The summed E-state index contributed by atoms with van der Waals surface area (Å²) in [5, 5.41) is 11.0. The van der Waals surface area contributed by atoms with Crippen molar-refractivity contribution in [3.63, 3.8) is 0 Å². The van der Waals surface area contributed by atoms with Gasteiger partial charge in [0, 0.05) is 13.1 Å². The summed E-state index contributed by atoms with van der Waals surface area (Å²) in [6, 6.07) is 6.94. The van der Waals surface area contributed by atoms with E-state index >= 15 is 0 Å². The van der Waals surface area contributed by atoms with Gasteiger partial charge >= 0.3 is 0 Å². The first kappa shape index (κ1) is 12.3. The first-order valence-corrected chi connectivity index (χ1v) is 7.61. The summed E-state index contributed by atoms with van der Waals surface area (Å²) in [7, 11) is -1.30. The molecule has 1 atom stereocenters. The minimum Gasteiger partial charge on any atom is -0.320 e. The standard InChI is InChI=1S/C12H14N4O2S/c1-16-8-14-15-12(16)6-13-10-7-19(17,18)11-5-3-2-4-9(10)11/h2-5,8,10,13H,6-7H2,1H3. The van der Waals surface area contributed by atoms with Crippen LogP contribution in [0.15, 0.2) is 35.5 Å². The number of hydrogen-bond donors (Lipinski definition) is 1. The minimum atomic E-state index is -3.16. The molecule has 0 radical (unpaired) electrons. The maximum Gasteiger partial charge on any atom is 0.180 e. The quantitative estimate of drug-likeness (QED) is 0.881. The first-order chi connectivity index (χ1) is 9.08. The Labute approximate surface area is 111 Å². The van der Waals surface area contributed by atoms with Gasteiger partial charge in [0.1, 0.15) is 12.2 Å². The van der Waals surface area contributed by atoms with Crippen molar-refractivity contribution in [3.05, 3.63) is 42.0 Å². The van der Waals surface area contributed by atoms with Crippen molar-refractivity contribution < 1.29 is 8.42 Å². The zero-order chi connectivity index (χ0) is 13.5. The van der Waals surface area contributed by atoms with Gasteiger partial charge in [0.2, 0.25) is 0 Å². The molecule has 0 spiro atoms. The number of nitrogens with one attached hydrogen (secondary N) is 1. The molecule has 1 N–H and O–H groups in total. The lowest BCUT2D eigenvalue weighted by atomic mass is 10.1. The van der Waals surface area contributed by atoms with Crippen molar-refractivity contribution >= 4 is 9.84 Å². The van der Waals surface area contributed by atoms with Crippen LogP contribution in [0.5, 0.6) is 0 Å². The zero-order valence-electron chi connectivity index (χ0n) is 10.4. The Kier molecular flexibility index (Phi) is 2.87. The molecule has 1 aliphatic rings. The smallest absolute Gasteiger partial charge is 0.180 e. The summed E-state index contributed by atoms with van der Waals surface area (Å²) in [6.07, 6.45) is 1.62. The lowest BCUT2D eigenvalue weighted by Crippen LogP contribution is -2.23. The molecule has 0 saturated carbocycles. The third kappa shape index (κ3) is 2.15. The number of aryl methyl sites for hydroxylation is 1. The highest BCUT2D eigenvalue weighted by Crippen LogP contribution is 2.32. The molecule has 100 valence electrons. The molecule has 2 heterocycles. The third-order valence-electron chi connectivity index (χ3n) is 3.33. The Balaban J connectivity index is 1.83. The van der Waals surface area contributed by atoms with E-state index in [1.54, 1.807) is 18.5 Å². The molecule has 1 aromatic carbocycles. The fraction of sp³-hybridized carbons (Fsp3) is 0.333. The second-order valence-corrected chi connectivity index (χ2v) is 6.61. The van der Waals surface area contributed by atoms with Crippen LogP contribution in [0.1, 0.15) is 17.4 Å². The van der Waals surface area contributed by atoms with Crippen molar-refractivity contribution in [2.45, 2.75) is 17.5 Å². The molecular formula is C12H14N4O2S. The summed E-state index contributed by atoms with van der Waals surface area (Å²) < 4.78 is 25.8. The highest BCUT2D eigenvalue weighted by atomic mass is 32.2. The lowest BCUT2D eigenvalue weighted by molar-refractivity contribution is 0.546. The number of aromatic nitrogens is 3. The summed E-state index contributed by atoms with van der Waals surface area (Å²) >= 11 is 0. The zero-order valence-corrected chi connectivity index (χ0v) is 11.3. The molecule has 1 aliphatic heterocycles. The van der Waals surface area contributed by atoms with Gasteiger partial charge in [0.05, 0.1) is 17.2 Å². The van der Waals surface area contributed by atoms with E-state index in [9.17, 15) is 8.42 Å². The van der Waals surface area contributed by atoms with E-state index < -0.39 is 9.84 Å². The molecule has 0 fully saturated rings. The number of rotatable bonds is 3. The highest BCUT2D eigenvalue weighted by molar-refractivity contribution is 7.91. The van der Waals surface area contributed by atoms with Crippen molar-refractivity contribution in [2.75, 3.05) is 5.75 Å². The van der Waals surface area contributed by atoms with Crippen LogP contribution in [0.3, 0.4) is 0 Å². The molecule has 0 saturated heterocycles. The van der Waals surface area contributed by atoms with E-state index in [2.05, 4.69) is 15.5 Å². The molecule has 0 amide bonds. The number of hydrogen-bond acceptors (Lipinski definition) is 5. The average molecular weight is 278 g/mol. The summed E-state index contributed by atoms with van der Waals surface area (Å²) in [6.45, 7) is 0.491. The van der Waals surface area contributed by atoms with Crippen LogP contribution in [0.4, 0.5) is 0 Å². The van der Waals surface area contributed by atoms with Crippen molar-refractivity contribution in [1.29, 1.82) is 0 Å². The van der Waals surface area contributed by atoms with E-state index in [0.717, 1.165) is 11.4 Å². The average Bonchev–Trinajstić information content (AvgIpc) is 2.90. The van der Waals surface area contributed by atoms with Gasteiger partial charge < -0.3 is 9.88 Å². The van der Waals surface area contributed by atoms with Crippen LogP contribution >= 0.6 is 0 Å². The molecule has 0 bridgehead atoms. The second-order valence-electron chi connectivity index (χ2n) is 4.61. The Morgan fingerprint density at radius 3 is 2.95 bits per heavy atom. The van der Waals surface area contributed by atoms with E-state index in [1.807, 2.05) is 23.7 Å². The Morgan fingerprint density at radius 2 is 2.21 bits per heavy atom. The van der Waals surface area contributed by atoms with Gasteiger partial charge in [-0.3, -0.25) is 0 Å². The number of sulfone groups is 1. The van der Waals surface area contributed by atoms with Gasteiger partial charge in [0.15, 0.2) is 9.84 Å². The summed E-state index contributed by atoms with van der Waals surface area (Å²) in [4.78, 5) is 0.436. The van der Waals surface area contributed by atoms with Gasteiger partial charge in [-0.1, -0.05) is 18.2 Å². The fourth-order valence-electron chi connectivity index (χ4n) is 2.30. The molecular weight excluding hydrogens is 264 g/mol. The number of benzene rings is 1. The maximum absolute atomic E-state index is 12.0. The lowest BCUT2D eigenvalue weighted by Gasteiger charge is -2.11. The first-order valence-electron chi connectivity index (χ1n) is 5.96. The van der Waals surface area contributed by atoms with Crippen LogP contribution in [0, 0.1) is 0 Å². The highest BCUT2D eigenvalue weighted by Gasteiger charge is 2.33. The Morgan fingerprint density at radius 1 is 1.42 bits per heavy atom. The Bertz CT molecular complexity index is 708. The van der Waals surface area contributed by atoms with Gasteiger partial charge in [-0.15, -0.1) is 10.2 Å². The van der Waals surface area contributed by atoms with E-state index in [1.165, 1.54) is 0 Å². The largest absolute Gasteiger partial charge is 0.320 e. The molecule has 3 rings (SSSR count). The second kappa shape index (κ2) is 4.43. The Hall–Kier alpha value is -1.73. The van der Waals surface area contributed by atoms with E-state index in [0.29, 0.717) is 11.4 Å². The maximum atomic E-state index is 12.0. The monoisotopic (exact) mass is 278 g/mol. The molecule has 1 unspecified atom stereocenters. The fourth-order valence-corrected chi connectivity index (χ4v) is 4.07. The van der Waals surface area contributed by atoms with Gasteiger partial charge in [-0.25, -0.2) is 8.42 Å². The van der Waals surface area contributed by atoms with Gasteiger partial charge in [-0.2, -0.15) is 0 Å². The summed E-state index contributed by atoms with van der Waals surface area (Å²) in [5.74, 6) is 0.881. The number of nitrogens with zero attached hydrogens (tertiary/aromatic N) is 3. The van der Waals surface area contributed by atoms with Gasteiger partial charge in [0.25, 0.3) is 0 Å². The van der Waals surface area contributed by atoms with Crippen molar-refractivity contribution in [2.24, 2.45) is 7.05 Å². The summed E-state index contributed by atoms with van der Waals surface area (Å²) in [5.41, 5.74) is 0.838. The van der Waals surface area contributed by atoms with Crippen LogP contribution in [-0.4, -0.2) is 28.9 Å². The molecule has 7 heteroatoms. The predicted molar refractivity (Wildman–Crippen MR) is 69.1 cm³/mol. The van der Waals surface area contributed by atoms with Crippen molar-refractivity contribution in [3.8, 4) is 0 Å². The SMILES string of the molecule is Cn1cnnc1CNC1CS(=O)(=O)c2ccccc21. The van der Waals surface area contributed by atoms with Crippen molar-refractivity contribution in [1.82, 2.24) is 20.1 Å². The molecule has 6 nitrogen and oxygen atoms in total. The van der Waals surface area contributed by atoms with E-state index in [4.69, 9.17) is 0 Å². The van der Waals surface area contributed by atoms with Crippen LogP contribution in [0.25, 0.3) is 0 Å². The van der Waals surface area contributed by atoms with Crippen LogP contribution in [0.2, 0.25) is 0 Å². The normalized spacial score (nSPS) is 20.4. The predicted octanol–water partition coefficient (Wildman–Crippen LogP) is 0.433. The molecule has 1 aromatic heterocycles. The molecule has 0 aliphatic carbocycles. The molecule has 2 aromatic rings.